The highest BCUT2D eigenvalue weighted by molar-refractivity contribution is 6.01. The standard InChI is InChI=1S/C18H18N6O4/c1-2-3-8-24-14(20-21-22-24)10-27-15(25)9-23-11-19-16-12-6-4-5-7-13(12)28-17(16)18(23)26/h4-7,11H,2-3,8-10H2,1H3. The molecule has 0 bridgehead atoms. The Morgan fingerprint density at radius 1 is 1.29 bits per heavy atom. The number of ether oxygens (including phenoxy) is 1. The molecule has 4 aromatic rings. The number of tetrazole rings is 1. The molecule has 0 atom stereocenters. The van der Waals surface area contributed by atoms with Crippen molar-refractivity contribution < 1.29 is 13.9 Å². The van der Waals surface area contributed by atoms with Crippen LogP contribution in [-0.4, -0.2) is 35.7 Å². The summed E-state index contributed by atoms with van der Waals surface area (Å²) in [7, 11) is 0. The van der Waals surface area contributed by atoms with Crippen molar-refractivity contribution in [3.63, 3.8) is 0 Å². The van der Waals surface area contributed by atoms with E-state index in [1.165, 1.54) is 6.33 Å². The van der Waals surface area contributed by atoms with Gasteiger partial charge in [-0.3, -0.25) is 14.2 Å². The summed E-state index contributed by atoms with van der Waals surface area (Å²) in [4.78, 5) is 29.1. The average molecular weight is 382 g/mol. The Morgan fingerprint density at radius 3 is 3.00 bits per heavy atom. The number of carbonyl (C=O) groups excluding carboxylic acids is 1. The number of para-hydroxylation sites is 1. The summed E-state index contributed by atoms with van der Waals surface area (Å²) in [6, 6.07) is 7.25. The lowest BCUT2D eigenvalue weighted by Gasteiger charge is -2.07. The molecule has 28 heavy (non-hydrogen) atoms. The summed E-state index contributed by atoms with van der Waals surface area (Å²) < 4.78 is 13.6. The normalized spacial score (nSPS) is 11.3. The highest BCUT2D eigenvalue weighted by Gasteiger charge is 2.16. The average Bonchev–Trinajstić information content (AvgIpc) is 3.31. The van der Waals surface area contributed by atoms with Crippen molar-refractivity contribution in [2.45, 2.75) is 39.5 Å². The number of fused-ring (bicyclic) bond motifs is 3. The molecule has 0 aliphatic carbocycles. The molecule has 0 unspecified atom stereocenters. The zero-order valence-corrected chi connectivity index (χ0v) is 15.2. The van der Waals surface area contributed by atoms with E-state index in [-0.39, 0.29) is 18.7 Å². The van der Waals surface area contributed by atoms with Gasteiger partial charge in [0.2, 0.25) is 5.58 Å². The lowest BCUT2D eigenvalue weighted by molar-refractivity contribution is -0.146. The number of unbranched alkanes of at least 4 members (excludes halogenated alkanes) is 1. The number of benzene rings is 1. The lowest BCUT2D eigenvalue weighted by Crippen LogP contribution is -2.25. The van der Waals surface area contributed by atoms with Crippen LogP contribution in [0.15, 0.2) is 39.8 Å². The van der Waals surface area contributed by atoms with Crippen molar-refractivity contribution >= 4 is 28.0 Å². The summed E-state index contributed by atoms with van der Waals surface area (Å²) in [6.07, 6.45) is 3.24. The van der Waals surface area contributed by atoms with Gasteiger partial charge in [-0.2, -0.15) is 0 Å². The minimum atomic E-state index is -0.593. The molecule has 10 nitrogen and oxygen atoms in total. The number of furan rings is 1. The number of hydrogen-bond donors (Lipinski definition) is 0. The Kier molecular flexibility index (Phi) is 4.83. The van der Waals surface area contributed by atoms with E-state index in [2.05, 4.69) is 27.4 Å². The molecule has 0 spiro atoms. The topological polar surface area (TPSA) is 118 Å². The Labute approximate surface area is 158 Å². The number of carbonyl (C=O) groups is 1. The van der Waals surface area contributed by atoms with E-state index in [0.29, 0.717) is 23.5 Å². The number of rotatable bonds is 7. The molecule has 3 aromatic heterocycles. The Hall–Kier alpha value is -3.56. The summed E-state index contributed by atoms with van der Waals surface area (Å²) >= 11 is 0. The van der Waals surface area contributed by atoms with E-state index in [9.17, 15) is 9.59 Å². The first-order valence-electron chi connectivity index (χ1n) is 8.94. The summed E-state index contributed by atoms with van der Waals surface area (Å²) in [6.45, 7) is 2.37. The molecule has 4 rings (SSSR count). The molecule has 0 fully saturated rings. The molecule has 0 N–H and O–H groups in total. The molecule has 144 valence electrons. The third-order valence-corrected chi connectivity index (χ3v) is 4.34. The van der Waals surface area contributed by atoms with E-state index in [1.807, 2.05) is 18.2 Å². The van der Waals surface area contributed by atoms with Crippen LogP contribution in [0.1, 0.15) is 25.6 Å². The fourth-order valence-corrected chi connectivity index (χ4v) is 2.87. The van der Waals surface area contributed by atoms with Gasteiger partial charge in [-0.1, -0.05) is 25.5 Å². The maximum absolute atomic E-state index is 12.6. The van der Waals surface area contributed by atoms with Gasteiger partial charge in [0.1, 0.15) is 17.6 Å². The van der Waals surface area contributed by atoms with E-state index in [0.717, 1.165) is 22.8 Å². The molecule has 10 heteroatoms. The van der Waals surface area contributed by atoms with Gasteiger partial charge in [0.15, 0.2) is 12.4 Å². The number of aromatic nitrogens is 6. The third-order valence-electron chi connectivity index (χ3n) is 4.34. The van der Waals surface area contributed by atoms with E-state index in [4.69, 9.17) is 9.15 Å². The molecule has 0 saturated heterocycles. The Morgan fingerprint density at radius 2 is 2.14 bits per heavy atom. The van der Waals surface area contributed by atoms with Crippen molar-refractivity contribution in [2.24, 2.45) is 0 Å². The molecule has 0 aliphatic heterocycles. The largest absolute Gasteiger partial charge is 0.456 e. The Balaban J connectivity index is 1.48. The number of hydrogen-bond acceptors (Lipinski definition) is 8. The van der Waals surface area contributed by atoms with Crippen molar-refractivity contribution in [3.8, 4) is 0 Å². The molecular formula is C18H18N6O4. The van der Waals surface area contributed by atoms with Gasteiger partial charge < -0.3 is 9.15 Å². The highest BCUT2D eigenvalue weighted by Crippen LogP contribution is 2.23. The molecule has 3 heterocycles. The molecule has 0 aliphatic rings. The number of esters is 1. The fraction of sp³-hybridized carbons (Fsp3) is 0.333. The van der Waals surface area contributed by atoms with Gasteiger partial charge in [0, 0.05) is 11.9 Å². The fourth-order valence-electron chi connectivity index (χ4n) is 2.87. The zero-order chi connectivity index (χ0) is 19.5. The quantitative estimate of drug-likeness (QED) is 0.443. The van der Waals surface area contributed by atoms with Crippen molar-refractivity contribution in [1.82, 2.24) is 29.8 Å². The van der Waals surface area contributed by atoms with Crippen LogP contribution in [0.4, 0.5) is 0 Å². The van der Waals surface area contributed by atoms with Gasteiger partial charge in [0.25, 0.3) is 5.56 Å². The maximum Gasteiger partial charge on any atom is 0.326 e. The third kappa shape index (κ3) is 3.36. The van der Waals surface area contributed by atoms with Crippen LogP contribution in [0, 0.1) is 0 Å². The second-order valence-corrected chi connectivity index (χ2v) is 6.29. The minimum absolute atomic E-state index is 0.0649. The molecular weight excluding hydrogens is 364 g/mol. The smallest absolute Gasteiger partial charge is 0.326 e. The Bertz CT molecular complexity index is 1190. The van der Waals surface area contributed by atoms with Gasteiger partial charge in [-0.05, 0) is 29.0 Å². The van der Waals surface area contributed by atoms with Gasteiger partial charge in [-0.15, -0.1) is 5.10 Å². The first-order chi connectivity index (χ1) is 13.7. The summed E-state index contributed by atoms with van der Waals surface area (Å²) in [5.74, 6) is -0.135. The van der Waals surface area contributed by atoms with Gasteiger partial charge >= 0.3 is 5.97 Å². The van der Waals surface area contributed by atoms with Crippen LogP contribution in [0.25, 0.3) is 22.1 Å². The lowest BCUT2D eigenvalue weighted by atomic mass is 10.2. The summed E-state index contributed by atoms with van der Waals surface area (Å²) in [5.41, 5.74) is 0.715. The van der Waals surface area contributed by atoms with Gasteiger partial charge in [0.05, 0.1) is 6.33 Å². The second-order valence-electron chi connectivity index (χ2n) is 6.29. The first kappa shape index (κ1) is 17.8. The minimum Gasteiger partial charge on any atom is -0.456 e. The maximum atomic E-state index is 12.6. The van der Waals surface area contributed by atoms with Crippen LogP contribution in [0.2, 0.25) is 0 Å². The van der Waals surface area contributed by atoms with Crippen LogP contribution < -0.4 is 5.56 Å². The van der Waals surface area contributed by atoms with Crippen LogP contribution in [0.5, 0.6) is 0 Å². The van der Waals surface area contributed by atoms with Crippen LogP contribution >= 0.6 is 0 Å². The van der Waals surface area contributed by atoms with Crippen LogP contribution in [0.3, 0.4) is 0 Å². The van der Waals surface area contributed by atoms with Crippen molar-refractivity contribution in [3.05, 3.63) is 46.8 Å². The van der Waals surface area contributed by atoms with Crippen molar-refractivity contribution in [2.75, 3.05) is 0 Å². The monoisotopic (exact) mass is 382 g/mol. The second kappa shape index (κ2) is 7.59. The number of nitrogens with zero attached hydrogens (tertiary/aromatic N) is 6. The van der Waals surface area contributed by atoms with E-state index in [1.54, 1.807) is 10.7 Å². The first-order valence-corrected chi connectivity index (χ1v) is 8.94. The summed E-state index contributed by atoms with van der Waals surface area (Å²) in [5, 5.41) is 12.1. The van der Waals surface area contributed by atoms with E-state index >= 15 is 0 Å². The molecule has 0 saturated carbocycles. The highest BCUT2D eigenvalue weighted by atomic mass is 16.5. The van der Waals surface area contributed by atoms with E-state index < -0.39 is 11.5 Å². The molecule has 0 radical (unpaired) electrons. The predicted octanol–water partition coefficient (Wildman–Crippen LogP) is 1.67. The SMILES string of the molecule is CCCCn1nnnc1COC(=O)Cn1cnc2c(oc3ccccc32)c1=O. The molecule has 0 amide bonds. The predicted molar refractivity (Wildman–Crippen MR) is 98.3 cm³/mol. The van der Waals surface area contributed by atoms with Crippen LogP contribution in [-0.2, 0) is 29.2 Å². The number of aryl methyl sites for hydroxylation is 1. The molecule has 1 aromatic carbocycles. The van der Waals surface area contributed by atoms with Crippen molar-refractivity contribution in [1.29, 1.82) is 0 Å². The van der Waals surface area contributed by atoms with Gasteiger partial charge in [-0.25, -0.2) is 9.67 Å². The zero-order valence-electron chi connectivity index (χ0n) is 15.2.